The molecule has 34 heavy (non-hydrogen) atoms. The number of alkyl halides is 3. The van der Waals surface area contributed by atoms with Gasteiger partial charge in [-0.15, -0.1) is 0 Å². The van der Waals surface area contributed by atoms with Crippen LogP contribution < -0.4 is 15.6 Å². The molecule has 8 nitrogen and oxygen atoms in total. The van der Waals surface area contributed by atoms with E-state index in [0.29, 0.717) is 28.2 Å². The summed E-state index contributed by atoms with van der Waals surface area (Å²) in [5, 5.41) is 10.8. The smallest absolute Gasteiger partial charge is 0.418 e. The van der Waals surface area contributed by atoms with Crippen molar-refractivity contribution in [1.29, 1.82) is 0 Å². The third-order valence-corrected chi connectivity index (χ3v) is 5.30. The van der Waals surface area contributed by atoms with E-state index in [-0.39, 0.29) is 5.52 Å². The molecule has 1 N–H and O–H groups in total. The van der Waals surface area contributed by atoms with Crippen LogP contribution in [0.4, 0.5) is 18.9 Å². The third-order valence-electron chi connectivity index (χ3n) is 5.30. The molecule has 4 aromatic rings. The van der Waals surface area contributed by atoms with Crippen molar-refractivity contribution in [2.75, 3.05) is 12.4 Å². The van der Waals surface area contributed by atoms with E-state index in [1.807, 2.05) is 0 Å². The number of para-hydroxylation sites is 1. The van der Waals surface area contributed by atoms with E-state index in [0.717, 1.165) is 16.8 Å². The van der Waals surface area contributed by atoms with Gasteiger partial charge in [0, 0.05) is 5.56 Å². The van der Waals surface area contributed by atoms with Crippen LogP contribution in [0.25, 0.3) is 22.2 Å². The first-order valence-corrected chi connectivity index (χ1v) is 10.1. The number of anilines is 1. The van der Waals surface area contributed by atoms with Crippen molar-refractivity contribution in [2.45, 2.75) is 26.1 Å². The number of halogens is 3. The average molecular weight is 472 g/mol. The SMILES string of the molecule is COc1cccc(-c2nn(C(C)C(=O)Nc3ccccc3C(F)(F)F)c(=O)c3noc(C)c23)c1. The molecule has 2 aromatic heterocycles. The molecular weight excluding hydrogens is 453 g/mol. The molecule has 176 valence electrons. The van der Waals surface area contributed by atoms with Gasteiger partial charge in [-0.05, 0) is 38.1 Å². The number of aromatic nitrogens is 3. The second-order valence-corrected chi connectivity index (χ2v) is 7.50. The van der Waals surface area contributed by atoms with Gasteiger partial charge in [0.05, 0.1) is 23.7 Å². The van der Waals surface area contributed by atoms with E-state index in [1.165, 1.54) is 26.2 Å². The number of rotatable bonds is 5. The Kier molecular flexibility index (Phi) is 5.86. The Labute approximate surface area is 190 Å². The van der Waals surface area contributed by atoms with E-state index in [9.17, 15) is 22.8 Å². The third kappa shape index (κ3) is 4.12. The number of hydrogen-bond donors (Lipinski definition) is 1. The van der Waals surface area contributed by atoms with Gasteiger partial charge >= 0.3 is 6.18 Å². The van der Waals surface area contributed by atoms with Gasteiger partial charge in [-0.3, -0.25) is 9.59 Å². The first-order chi connectivity index (χ1) is 16.1. The molecule has 0 saturated heterocycles. The summed E-state index contributed by atoms with van der Waals surface area (Å²) in [5.41, 5.74) is -1.32. The Morgan fingerprint density at radius 1 is 1.18 bits per heavy atom. The largest absolute Gasteiger partial charge is 0.497 e. The predicted molar refractivity (Wildman–Crippen MR) is 118 cm³/mol. The van der Waals surface area contributed by atoms with Gasteiger partial charge in [-0.2, -0.15) is 18.3 Å². The minimum Gasteiger partial charge on any atom is -0.497 e. The van der Waals surface area contributed by atoms with Crippen LogP contribution in [0.2, 0.25) is 0 Å². The molecule has 0 saturated carbocycles. The Morgan fingerprint density at radius 2 is 1.91 bits per heavy atom. The standard InChI is InChI=1S/C23H19F3N4O4/c1-12(21(31)27-17-10-5-4-9-16(17)23(24,25)26)30-22(32)20-18(13(2)34-29-20)19(28-30)14-7-6-8-15(11-14)33-3/h4-12H,1-3H3,(H,27,31). The lowest BCUT2D eigenvalue weighted by molar-refractivity contribution is -0.137. The fraction of sp³-hybridized carbons (Fsp3) is 0.217. The van der Waals surface area contributed by atoms with Gasteiger partial charge in [0.1, 0.15) is 23.2 Å². The zero-order chi connectivity index (χ0) is 24.6. The molecule has 0 aliphatic heterocycles. The average Bonchev–Trinajstić information content (AvgIpc) is 3.20. The molecule has 2 heterocycles. The van der Waals surface area contributed by atoms with Crippen LogP contribution in [0.15, 0.2) is 57.8 Å². The van der Waals surface area contributed by atoms with Crippen molar-refractivity contribution in [2.24, 2.45) is 0 Å². The monoisotopic (exact) mass is 472 g/mol. The zero-order valence-corrected chi connectivity index (χ0v) is 18.3. The highest BCUT2D eigenvalue weighted by atomic mass is 19.4. The van der Waals surface area contributed by atoms with Crippen LogP contribution in [0.3, 0.4) is 0 Å². The maximum Gasteiger partial charge on any atom is 0.418 e. The van der Waals surface area contributed by atoms with Gasteiger partial charge in [0.2, 0.25) is 5.91 Å². The highest BCUT2D eigenvalue weighted by molar-refractivity contribution is 5.96. The molecule has 2 aromatic carbocycles. The number of nitrogens with zero attached hydrogens (tertiary/aromatic N) is 3. The number of carbonyl (C=O) groups excluding carboxylic acids is 1. The van der Waals surface area contributed by atoms with Gasteiger partial charge in [0.15, 0.2) is 5.52 Å². The number of amides is 1. The Bertz CT molecular complexity index is 1440. The number of fused-ring (bicyclic) bond motifs is 1. The van der Waals surface area contributed by atoms with E-state index in [4.69, 9.17) is 9.26 Å². The van der Waals surface area contributed by atoms with Crippen molar-refractivity contribution in [3.63, 3.8) is 0 Å². The van der Waals surface area contributed by atoms with Crippen molar-refractivity contribution >= 4 is 22.5 Å². The minimum atomic E-state index is -4.67. The fourth-order valence-corrected chi connectivity index (χ4v) is 3.53. The van der Waals surface area contributed by atoms with Crippen LogP contribution in [0.5, 0.6) is 5.75 Å². The summed E-state index contributed by atoms with van der Waals surface area (Å²) in [5.74, 6) is 0.0251. The first kappa shape index (κ1) is 23.0. The minimum absolute atomic E-state index is 0.0549. The topological polar surface area (TPSA) is 99.2 Å². The van der Waals surface area contributed by atoms with Crippen LogP contribution >= 0.6 is 0 Å². The van der Waals surface area contributed by atoms with Gasteiger partial charge in [0.25, 0.3) is 5.56 Å². The Hall–Kier alpha value is -4.15. The predicted octanol–water partition coefficient (Wildman–Crippen LogP) is 4.59. The molecule has 4 rings (SSSR count). The van der Waals surface area contributed by atoms with Crippen LogP contribution in [0.1, 0.15) is 24.3 Å². The molecule has 0 fully saturated rings. The lowest BCUT2D eigenvalue weighted by atomic mass is 10.1. The summed E-state index contributed by atoms with van der Waals surface area (Å²) in [6.07, 6.45) is -4.67. The lowest BCUT2D eigenvalue weighted by Crippen LogP contribution is -2.34. The quantitative estimate of drug-likeness (QED) is 0.456. The van der Waals surface area contributed by atoms with Gasteiger partial charge in [-0.25, -0.2) is 4.68 Å². The van der Waals surface area contributed by atoms with Crippen molar-refractivity contribution in [1.82, 2.24) is 14.9 Å². The first-order valence-electron chi connectivity index (χ1n) is 10.1. The van der Waals surface area contributed by atoms with Crippen molar-refractivity contribution in [3.05, 3.63) is 70.2 Å². The number of benzene rings is 2. The van der Waals surface area contributed by atoms with Gasteiger partial charge < -0.3 is 14.6 Å². The highest BCUT2D eigenvalue weighted by Crippen LogP contribution is 2.35. The number of ether oxygens (including phenoxy) is 1. The highest BCUT2D eigenvalue weighted by Gasteiger charge is 2.34. The van der Waals surface area contributed by atoms with Gasteiger partial charge in [-0.1, -0.05) is 29.4 Å². The summed E-state index contributed by atoms with van der Waals surface area (Å²) in [7, 11) is 1.50. The van der Waals surface area contributed by atoms with E-state index < -0.39 is 34.9 Å². The maximum absolute atomic E-state index is 13.3. The molecule has 0 aliphatic carbocycles. The maximum atomic E-state index is 13.3. The fourth-order valence-electron chi connectivity index (χ4n) is 3.53. The van der Waals surface area contributed by atoms with Crippen LogP contribution in [0, 0.1) is 6.92 Å². The van der Waals surface area contributed by atoms with Crippen LogP contribution in [-0.2, 0) is 11.0 Å². The number of methoxy groups -OCH3 is 1. The zero-order valence-electron chi connectivity index (χ0n) is 18.3. The van der Waals surface area contributed by atoms with E-state index in [2.05, 4.69) is 15.6 Å². The summed E-state index contributed by atoms with van der Waals surface area (Å²) in [6, 6.07) is 10.2. The Morgan fingerprint density at radius 3 is 2.62 bits per heavy atom. The second kappa shape index (κ2) is 8.65. The second-order valence-electron chi connectivity index (χ2n) is 7.50. The van der Waals surface area contributed by atoms with Crippen molar-refractivity contribution < 1.29 is 27.2 Å². The molecule has 1 amide bonds. The van der Waals surface area contributed by atoms with E-state index in [1.54, 1.807) is 31.2 Å². The lowest BCUT2D eigenvalue weighted by Gasteiger charge is -2.18. The summed E-state index contributed by atoms with van der Waals surface area (Å²) < 4.78 is 51.3. The summed E-state index contributed by atoms with van der Waals surface area (Å²) >= 11 is 0. The summed E-state index contributed by atoms with van der Waals surface area (Å²) in [4.78, 5) is 26.0. The number of nitrogens with one attached hydrogen (secondary N) is 1. The molecule has 0 radical (unpaired) electrons. The Balaban J connectivity index is 1.80. The number of aryl methyl sites for hydroxylation is 1. The molecule has 0 spiro atoms. The van der Waals surface area contributed by atoms with E-state index >= 15 is 0 Å². The number of carbonyl (C=O) groups is 1. The molecule has 11 heteroatoms. The normalized spacial score (nSPS) is 12.5. The molecule has 1 unspecified atom stereocenters. The number of hydrogen-bond acceptors (Lipinski definition) is 6. The molecule has 0 bridgehead atoms. The van der Waals surface area contributed by atoms with Crippen LogP contribution in [-0.4, -0.2) is 28.0 Å². The molecule has 1 atom stereocenters. The molecular formula is C23H19F3N4O4. The van der Waals surface area contributed by atoms with Crippen molar-refractivity contribution in [3.8, 4) is 17.0 Å². The molecule has 0 aliphatic rings. The summed E-state index contributed by atoms with van der Waals surface area (Å²) in [6.45, 7) is 2.97.